The van der Waals surface area contributed by atoms with Gasteiger partial charge in [-0.05, 0) is 55.2 Å². The fourth-order valence-corrected chi connectivity index (χ4v) is 5.81. The second-order valence-corrected chi connectivity index (χ2v) is 11.5. The van der Waals surface area contributed by atoms with E-state index in [-0.39, 0.29) is 54.6 Å². The average molecular weight is 718 g/mol. The summed E-state index contributed by atoms with van der Waals surface area (Å²) in [4.78, 5) is 35.5. The number of pyridine rings is 1. The minimum absolute atomic E-state index is 0.0233. The number of amides is 1. The van der Waals surface area contributed by atoms with Crippen LogP contribution in [0.3, 0.4) is 0 Å². The summed E-state index contributed by atoms with van der Waals surface area (Å²) in [6.07, 6.45) is -9.31. The Morgan fingerprint density at radius 1 is 1.04 bits per heavy atom. The number of amidine groups is 1. The van der Waals surface area contributed by atoms with Crippen molar-refractivity contribution in [1.29, 1.82) is 0 Å². The van der Waals surface area contributed by atoms with Gasteiger partial charge in [0.25, 0.3) is 0 Å². The summed E-state index contributed by atoms with van der Waals surface area (Å²) in [5.41, 5.74) is -2.59. The number of alkyl halides is 6. The largest absolute Gasteiger partial charge is 0.484 e. The zero-order valence-electron chi connectivity index (χ0n) is 27.6. The molecule has 2 N–H and O–H groups in total. The maximum absolute atomic E-state index is 14.1. The summed E-state index contributed by atoms with van der Waals surface area (Å²) in [5, 5.41) is 5.85. The molecule has 270 valence electrons. The van der Waals surface area contributed by atoms with E-state index in [1.54, 1.807) is 49.3 Å². The van der Waals surface area contributed by atoms with Gasteiger partial charge in [-0.15, -0.1) is 0 Å². The van der Waals surface area contributed by atoms with Gasteiger partial charge in [-0.1, -0.05) is 37.3 Å². The number of aromatic nitrogens is 1. The number of anilines is 1. The normalized spacial score (nSPS) is 18.1. The quantitative estimate of drug-likeness (QED) is 0.165. The lowest BCUT2D eigenvalue weighted by molar-refractivity contribution is -0.143. The molecule has 5 rings (SSSR count). The number of benzene rings is 2. The van der Waals surface area contributed by atoms with Crippen LogP contribution in [0.25, 0.3) is 0 Å². The number of nitrogens with zero attached hydrogens (tertiary/aromatic N) is 3. The van der Waals surface area contributed by atoms with Gasteiger partial charge in [0.2, 0.25) is 5.88 Å². The van der Waals surface area contributed by atoms with Crippen molar-refractivity contribution in [2.24, 2.45) is 4.99 Å². The van der Waals surface area contributed by atoms with Crippen LogP contribution < -0.4 is 20.3 Å². The number of methoxy groups -OCH3 is 1. The Morgan fingerprint density at radius 2 is 1.73 bits per heavy atom. The second-order valence-electron chi connectivity index (χ2n) is 11.5. The second kappa shape index (κ2) is 15.3. The van der Waals surface area contributed by atoms with Crippen LogP contribution in [0.5, 0.6) is 5.88 Å². The number of ether oxygens (including phenoxy) is 3. The van der Waals surface area contributed by atoms with Crippen molar-refractivity contribution >= 4 is 23.6 Å². The number of rotatable bonds is 10. The van der Waals surface area contributed by atoms with E-state index in [0.29, 0.717) is 24.2 Å². The molecule has 0 radical (unpaired) electrons. The molecular weight excluding hydrogens is 684 g/mol. The zero-order chi connectivity index (χ0) is 36.9. The Bertz CT molecular complexity index is 1830. The van der Waals surface area contributed by atoms with E-state index < -0.39 is 53.3 Å². The smallest absolute Gasteiger partial charge is 0.416 e. The zero-order valence-corrected chi connectivity index (χ0v) is 27.6. The molecule has 0 spiro atoms. The monoisotopic (exact) mass is 717 g/mol. The minimum Gasteiger partial charge on any atom is -0.484 e. The molecular formula is C35H33F6N5O5. The van der Waals surface area contributed by atoms with Crippen molar-refractivity contribution in [3.05, 3.63) is 106 Å². The molecule has 51 heavy (non-hydrogen) atoms. The Kier molecular flexibility index (Phi) is 11.1. The molecule has 2 aliphatic heterocycles. The summed E-state index contributed by atoms with van der Waals surface area (Å²) in [6.45, 7) is 3.55. The molecule has 0 fully saturated rings. The first-order valence-electron chi connectivity index (χ1n) is 15.8. The van der Waals surface area contributed by atoms with Gasteiger partial charge in [-0.2, -0.15) is 26.3 Å². The molecule has 16 heteroatoms. The van der Waals surface area contributed by atoms with Gasteiger partial charge < -0.3 is 19.5 Å². The molecule has 3 atom stereocenters. The lowest BCUT2D eigenvalue weighted by Crippen LogP contribution is -2.49. The number of hydrogen-bond donors (Lipinski definition) is 2. The van der Waals surface area contributed by atoms with Gasteiger partial charge >= 0.3 is 18.4 Å². The van der Waals surface area contributed by atoms with Crippen LogP contribution in [-0.2, 0) is 33.2 Å². The molecule has 2 aromatic carbocycles. The highest BCUT2D eigenvalue weighted by Gasteiger charge is 2.42. The van der Waals surface area contributed by atoms with E-state index in [2.05, 4.69) is 20.6 Å². The summed E-state index contributed by atoms with van der Waals surface area (Å²) in [6, 6.07) is 10.2. The molecule has 1 unspecified atom stereocenters. The van der Waals surface area contributed by atoms with Gasteiger partial charge in [0.15, 0.2) is 17.4 Å². The third-order valence-corrected chi connectivity index (χ3v) is 8.23. The fraction of sp³-hybridized carbons (Fsp3) is 0.343. The van der Waals surface area contributed by atoms with E-state index in [1.165, 1.54) is 18.1 Å². The predicted octanol–water partition coefficient (Wildman–Crippen LogP) is 7.42. The molecule has 0 aliphatic carbocycles. The molecule has 1 aromatic heterocycles. The van der Waals surface area contributed by atoms with E-state index in [0.717, 1.165) is 11.8 Å². The van der Waals surface area contributed by atoms with Crippen molar-refractivity contribution in [1.82, 2.24) is 15.6 Å². The highest BCUT2D eigenvalue weighted by molar-refractivity contribution is 5.94. The number of nitrogens with one attached hydrogen (secondary N) is 2. The van der Waals surface area contributed by atoms with Crippen molar-refractivity contribution in [2.75, 3.05) is 18.6 Å². The Hall–Kier alpha value is -5.34. The van der Waals surface area contributed by atoms with E-state index in [9.17, 15) is 35.9 Å². The molecule has 0 saturated heterocycles. The minimum atomic E-state index is -5.14. The molecule has 1 amide bonds. The number of hydrogen-bond acceptors (Lipinski definition) is 9. The lowest BCUT2D eigenvalue weighted by Gasteiger charge is -2.41. The molecule has 10 nitrogen and oxygen atoms in total. The Morgan fingerprint density at radius 3 is 2.31 bits per heavy atom. The first-order chi connectivity index (χ1) is 24.3. The van der Waals surface area contributed by atoms with Crippen LogP contribution in [0.4, 0.5) is 36.8 Å². The first kappa shape index (κ1) is 36.9. The summed E-state index contributed by atoms with van der Waals surface area (Å²) in [7, 11) is 1.36. The number of carbonyl (C=O) groups is 1. The molecule has 0 bridgehead atoms. The Balaban J connectivity index is 1.65. The maximum Gasteiger partial charge on any atom is 0.416 e. The van der Waals surface area contributed by atoms with E-state index in [1.807, 2.05) is 6.92 Å². The first-order valence-corrected chi connectivity index (χ1v) is 15.8. The highest BCUT2D eigenvalue weighted by Crippen LogP contribution is 2.42. The van der Waals surface area contributed by atoms with Crippen LogP contribution in [0.15, 0.2) is 83.3 Å². The van der Waals surface area contributed by atoms with Crippen molar-refractivity contribution in [3.63, 3.8) is 0 Å². The van der Waals surface area contributed by atoms with Gasteiger partial charge in [-0.25, -0.2) is 19.6 Å². The van der Waals surface area contributed by atoms with Gasteiger partial charge in [0.05, 0.1) is 54.5 Å². The van der Waals surface area contributed by atoms with Crippen molar-refractivity contribution in [2.45, 2.75) is 63.8 Å². The van der Waals surface area contributed by atoms with Gasteiger partial charge in [0, 0.05) is 12.1 Å². The van der Waals surface area contributed by atoms with Crippen LogP contribution in [0.1, 0.15) is 66.7 Å². The third kappa shape index (κ3) is 8.35. The third-order valence-electron chi connectivity index (χ3n) is 8.23. The van der Waals surface area contributed by atoms with E-state index in [4.69, 9.17) is 14.2 Å². The summed E-state index contributed by atoms with van der Waals surface area (Å²) in [5.74, 6) is 1.54. The highest BCUT2D eigenvalue weighted by atomic mass is 19.4. The molecule has 3 aromatic rings. The summed E-state index contributed by atoms with van der Waals surface area (Å²) >= 11 is 0. The fourth-order valence-electron chi connectivity index (χ4n) is 5.81. The standard InChI is InChI=1S/C35H33F6N5O5/c1-4-24-16-25(31-27(11-12-29(45-31)49-3)46(24)33(48)50-5-2)43-30(21-13-22(34(36,37)38)15-23(14-21)35(39,40)41)32-42-17-28(26(18-47)44-32)51-19-20-9-7-6-8-10-20/h6-15,17,24-25,30,43H,4-5,16,19H2,1-3H3,(H,42,44)/t24-,25+,30?/m1/s1. The predicted molar refractivity (Wildman–Crippen MR) is 173 cm³/mol. The van der Waals surface area contributed by atoms with Crippen molar-refractivity contribution in [3.8, 4) is 5.88 Å². The molecule has 3 heterocycles. The van der Waals surface area contributed by atoms with Gasteiger partial charge in [-0.3, -0.25) is 10.2 Å². The number of aliphatic imine (C=N–C) groups is 1. The van der Waals surface area contributed by atoms with Crippen LogP contribution >= 0.6 is 0 Å². The topological polar surface area (TPSA) is 114 Å². The van der Waals surface area contributed by atoms with Crippen LogP contribution in [0, 0.1) is 0 Å². The van der Waals surface area contributed by atoms with Gasteiger partial charge in [0.1, 0.15) is 12.4 Å². The maximum atomic E-state index is 14.1. The number of halogens is 6. The Labute approximate surface area is 288 Å². The average Bonchev–Trinajstić information content (AvgIpc) is 3.11. The summed E-state index contributed by atoms with van der Waals surface area (Å²) < 4.78 is 101. The number of fused-ring (bicyclic) bond motifs is 1. The SMILES string of the molecule is CCOC(=O)N1c2ccc(OC)nc2[C@@H](NC(C2=NC=C(OCc3ccccc3)C(=C=O)N2)c2cc(C(F)(F)F)cc(C(F)(F)F)c2)C[C@H]1CC. The lowest BCUT2D eigenvalue weighted by atomic mass is 9.91. The van der Waals surface area contributed by atoms with Crippen LogP contribution in [-0.4, -0.2) is 42.6 Å². The molecule has 0 saturated carbocycles. The van der Waals surface area contributed by atoms with Crippen molar-refractivity contribution < 1.29 is 50.1 Å². The van der Waals surface area contributed by atoms with Crippen LogP contribution in [0.2, 0.25) is 0 Å². The van der Waals surface area contributed by atoms with E-state index >= 15 is 0 Å². The number of carbonyl (C=O) groups excluding carboxylic acids is 2. The molecule has 2 aliphatic rings.